The largest absolute Gasteiger partial charge is 0.315 e. The smallest absolute Gasteiger partial charge is 0.231 e. The van der Waals surface area contributed by atoms with Crippen molar-refractivity contribution in [3.8, 4) is 0 Å². The number of nitrogens with zero attached hydrogens (tertiary/aromatic N) is 3. The van der Waals surface area contributed by atoms with Crippen LogP contribution in [0, 0.1) is 11.7 Å². The van der Waals surface area contributed by atoms with Crippen molar-refractivity contribution in [2.45, 2.75) is 5.92 Å². The summed E-state index contributed by atoms with van der Waals surface area (Å²) in [6.07, 6.45) is 3.77. The highest BCUT2D eigenvalue weighted by molar-refractivity contribution is 5.95. The molecular weight excluding hydrogens is 319 g/mol. The zero-order valence-electron chi connectivity index (χ0n) is 13.1. The van der Waals surface area contributed by atoms with E-state index >= 15 is 0 Å². The van der Waals surface area contributed by atoms with Crippen LogP contribution in [-0.4, -0.2) is 35.8 Å². The molecule has 1 saturated heterocycles. The van der Waals surface area contributed by atoms with Gasteiger partial charge in [0.1, 0.15) is 5.82 Å². The molecule has 2 atom stereocenters. The van der Waals surface area contributed by atoms with Crippen LogP contribution < -0.4 is 10.2 Å². The first kappa shape index (κ1) is 17.4. The lowest BCUT2D eigenvalue weighted by Gasteiger charge is -2.24. The van der Waals surface area contributed by atoms with Crippen LogP contribution >= 0.6 is 12.4 Å². The zero-order valence-corrected chi connectivity index (χ0v) is 13.9. The molecule has 3 rings (SSSR count). The Kier molecular flexibility index (Phi) is 5.38. The van der Waals surface area contributed by atoms with E-state index in [1.165, 1.54) is 12.1 Å². The number of hydrogen-bond acceptors (Lipinski definition) is 3. The summed E-state index contributed by atoms with van der Waals surface area (Å²) in [5, 5.41) is 7.47. The number of nitrogens with one attached hydrogen (secondary N) is 1. The molecule has 1 amide bonds. The summed E-state index contributed by atoms with van der Waals surface area (Å²) in [7, 11) is 3.60. The summed E-state index contributed by atoms with van der Waals surface area (Å²) in [6, 6.07) is 5.97. The van der Waals surface area contributed by atoms with Gasteiger partial charge in [0.25, 0.3) is 0 Å². The van der Waals surface area contributed by atoms with Crippen molar-refractivity contribution in [3.63, 3.8) is 0 Å². The van der Waals surface area contributed by atoms with Crippen molar-refractivity contribution < 1.29 is 9.18 Å². The lowest BCUT2D eigenvalue weighted by Crippen LogP contribution is -2.36. The molecule has 0 spiro atoms. The highest BCUT2D eigenvalue weighted by Gasteiger charge is 2.36. The van der Waals surface area contributed by atoms with Crippen LogP contribution in [0.15, 0.2) is 36.7 Å². The normalized spacial score (nSPS) is 20.1. The van der Waals surface area contributed by atoms with Gasteiger partial charge in [0.15, 0.2) is 0 Å². The molecule has 0 unspecified atom stereocenters. The number of halogens is 2. The molecule has 2 aromatic rings. The number of aryl methyl sites for hydroxylation is 1. The van der Waals surface area contributed by atoms with Gasteiger partial charge in [-0.15, -0.1) is 12.4 Å². The quantitative estimate of drug-likeness (QED) is 0.930. The predicted octanol–water partition coefficient (Wildman–Crippen LogP) is 1.95. The Bertz CT molecular complexity index is 673. The highest BCUT2D eigenvalue weighted by atomic mass is 35.5. The number of benzene rings is 1. The second kappa shape index (κ2) is 7.10. The van der Waals surface area contributed by atoms with Crippen molar-refractivity contribution in [2.75, 3.05) is 25.0 Å². The third-order valence-corrected chi connectivity index (χ3v) is 4.23. The van der Waals surface area contributed by atoms with E-state index in [1.807, 2.05) is 19.4 Å². The summed E-state index contributed by atoms with van der Waals surface area (Å²) in [6.45, 7) is 1.41. The van der Waals surface area contributed by atoms with E-state index in [9.17, 15) is 9.18 Å². The number of hydrogen-bond donors (Lipinski definition) is 1. The summed E-state index contributed by atoms with van der Waals surface area (Å²) in [4.78, 5) is 14.4. The Balaban J connectivity index is 0.00000192. The number of rotatable bonds is 3. The molecule has 1 aromatic carbocycles. The van der Waals surface area contributed by atoms with Gasteiger partial charge in [-0.2, -0.15) is 5.10 Å². The SMILES string of the molecule is CN(C(=O)[C@H]1CNC[C@@H]1c1cnn(C)c1)c1ccc(F)cc1.Cl. The monoisotopic (exact) mass is 338 g/mol. The summed E-state index contributed by atoms with van der Waals surface area (Å²) in [5.41, 5.74) is 1.77. The molecule has 0 saturated carbocycles. The zero-order chi connectivity index (χ0) is 15.7. The number of aromatic nitrogens is 2. The minimum atomic E-state index is -0.305. The Hall–Kier alpha value is -1.92. The highest BCUT2D eigenvalue weighted by Crippen LogP contribution is 2.30. The van der Waals surface area contributed by atoms with E-state index in [-0.39, 0.29) is 36.0 Å². The molecule has 1 aliphatic rings. The Morgan fingerprint density at radius 2 is 2.04 bits per heavy atom. The molecule has 0 bridgehead atoms. The molecule has 7 heteroatoms. The number of amides is 1. The van der Waals surface area contributed by atoms with Gasteiger partial charge < -0.3 is 10.2 Å². The second-order valence-electron chi connectivity index (χ2n) is 5.69. The van der Waals surface area contributed by atoms with Crippen LogP contribution in [0.5, 0.6) is 0 Å². The molecule has 1 aromatic heterocycles. The lowest BCUT2D eigenvalue weighted by atomic mass is 9.90. The molecule has 1 fully saturated rings. The van der Waals surface area contributed by atoms with Crippen LogP contribution in [0.3, 0.4) is 0 Å². The van der Waals surface area contributed by atoms with Crippen molar-refractivity contribution in [2.24, 2.45) is 13.0 Å². The molecule has 1 N–H and O–H groups in total. The van der Waals surface area contributed by atoms with Gasteiger partial charge in [0.2, 0.25) is 5.91 Å². The summed E-state index contributed by atoms with van der Waals surface area (Å²) < 4.78 is 14.8. The van der Waals surface area contributed by atoms with Crippen LogP contribution in [0.4, 0.5) is 10.1 Å². The minimum Gasteiger partial charge on any atom is -0.315 e. The van der Waals surface area contributed by atoms with E-state index < -0.39 is 0 Å². The van der Waals surface area contributed by atoms with E-state index in [0.717, 1.165) is 12.1 Å². The summed E-state index contributed by atoms with van der Waals surface area (Å²) in [5.74, 6) is -0.297. The summed E-state index contributed by atoms with van der Waals surface area (Å²) >= 11 is 0. The number of carbonyl (C=O) groups excluding carboxylic acids is 1. The van der Waals surface area contributed by atoms with Crippen molar-refractivity contribution in [1.82, 2.24) is 15.1 Å². The molecular formula is C16H20ClFN4O. The van der Waals surface area contributed by atoms with E-state index in [2.05, 4.69) is 10.4 Å². The third kappa shape index (κ3) is 3.54. The van der Waals surface area contributed by atoms with Crippen LogP contribution in [0.1, 0.15) is 11.5 Å². The first-order valence-electron chi connectivity index (χ1n) is 7.28. The third-order valence-electron chi connectivity index (χ3n) is 4.23. The average molecular weight is 339 g/mol. The molecule has 1 aliphatic heterocycles. The van der Waals surface area contributed by atoms with Crippen LogP contribution in [-0.2, 0) is 11.8 Å². The van der Waals surface area contributed by atoms with Gasteiger partial charge in [-0.25, -0.2) is 4.39 Å². The molecule has 0 radical (unpaired) electrons. The number of carbonyl (C=O) groups is 1. The van der Waals surface area contributed by atoms with Crippen molar-refractivity contribution >= 4 is 24.0 Å². The first-order valence-corrected chi connectivity index (χ1v) is 7.28. The standard InChI is InChI=1S/C16H19FN4O.ClH/c1-20-10-11(7-19-20)14-8-18-9-15(14)16(22)21(2)13-5-3-12(17)4-6-13;/h3-7,10,14-15,18H,8-9H2,1-2H3;1H/t14-,15+;/m1./s1. The fourth-order valence-electron chi connectivity index (χ4n) is 2.96. The van der Waals surface area contributed by atoms with E-state index in [0.29, 0.717) is 12.2 Å². The van der Waals surface area contributed by atoms with Crippen LogP contribution in [0.2, 0.25) is 0 Å². The molecule has 5 nitrogen and oxygen atoms in total. The van der Waals surface area contributed by atoms with E-state index in [1.54, 1.807) is 28.8 Å². The van der Waals surface area contributed by atoms with Gasteiger partial charge in [-0.05, 0) is 29.8 Å². The first-order chi connectivity index (χ1) is 10.6. The van der Waals surface area contributed by atoms with E-state index in [4.69, 9.17) is 0 Å². The Morgan fingerprint density at radius 3 is 2.65 bits per heavy atom. The molecule has 124 valence electrons. The number of anilines is 1. The Morgan fingerprint density at radius 1 is 1.35 bits per heavy atom. The topological polar surface area (TPSA) is 50.2 Å². The predicted molar refractivity (Wildman–Crippen MR) is 89.4 cm³/mol. The van der Waals surface area contributed by atoms with Gasteiger partial charge >= 0.3 is 0 Å². The van der Waals surface area contributed by atoms with Crippen molar-refractivity contribution in [3.05, 3.63) is 48.0 Å². The second-order valence-corrected chi connectivity index (χ2v) is 5.69. The lowest BCUT2D eigenvalue weighted by molar-refractivity contribution is -0.121. The Labute approximate surface area is 140 Å². The van der Waals surface area contributed by atoms with Gasteiger partial charge in [0.05, 0.1) is 12.1 Å². The minimum absolute atomic E-state index is 0. The van der Waals surface area contributed by atoms with Gasteiger partial charge in [-0.1, -0.05) is 0 Å². The average Bonchev–Trinajstić information content (AvgIpc) is 3.15. The molecule has 0 aliphatic carbocycles. The fourth-order valence-corrected chi connectivity index (χ4v) is 2.96. The molecule has 2 heterocycles. The van der Waals surface area contributed by atoms with Crippen molar-refractivity contribution in [1.29, 1.82) is 0 Å². The van der Waals surface area contributed by atoms with Gasteiger partial charge in [0, 0.05) is 45.0 Å². The maximum atomic E-state index is 13.0. The van der Waals surface area contributed by atoms with Crippen LogP contribution in [0.25, 0.3) is 0 Å². The maximum Gasteiger partial charge on any atom is 0.231 e. The maximum absolute atomic E-state index is 13.0. The molecule has 23 heavy (non-hydrogen) atoms. The fraction of sp³-hybridized carbons (Fsp3) is 0.375. The van der Waals surface area contributed by atoms with Gasteiger partial charge in [-0.3, -0.25) is 9.48 Å².